The van der Waals surface area contributed by atoms with Crippen LogP contribution >= 0.6 is 0 Å². The van der Waals surface area contributed by atoms with E-state index < -0.39 is 11.4 Å². The number of Topliss-reactive ketones (excluding diaryl/α,β-unsaturated/α-hetero) is 1. The predicted molar refractivity (Wildman–Crippen MR) is 54.7 cm³/mol. The molecule has 0 amide bonds. The number of aliphatic carboxylic acids is 1. The average Bonchev–Trinajstić information content (AvgIpc) is 2.24. The van der Waals surface area contributed by atoms with Gasteiger partial charge in [0.05, 0.1) is 11.6 Å². The van der Waals surface area contributed by atoms with Crippen LogP contribution in [0.4, 0.5) is 0 Å². The molecule has 1 aliphatic rings. The van der Waals surface area contributed by atoms with Crippen LogP contribution in [-0.2, 0) is 15.0 Å². The molecule has 0 aliphatic heterocycles. The van der Waals surface area contributed by atoms with Gasteiger partial charge < -0.3 is 5.11 Å². The van der Waals surface area contributed by atoms with Gasteiger partial charge in [-0.3, -0.25) is 9.59 Å². The van der Waals surface area contributed by atoms with Crippen molar-refractivity contribution in [3.63, 3.8) is 0 Å². The molecule has 0 heterocycles. The monoisotopic (exact) mass is 215 g/mol. The van der Waals surface area contributed by atoms with E-state index in [1.807, 2.05) is 6.07 Å². The summed E-state index contributed by atoms with van der Waals surface area (Å²) in [6.45, 7) is 0. The Kier molecular flexibility index (Phi) is 2.24. The van der Waals surface area contributed by atoms with Crippen molar-refractivity contribution in [1.29, 1.82) is 5.26 Å². The zero-order chi connectivity index (χ0) is 11.8. The van der Waals surface area contributed by atoms with Crippen LogP contribution in [0, 0.1) is 11.3 Å². The van der Waals surface area contributed by atoms with Gasteiger partial charge in [0.25, 0.3) is 0 Å². The van der Waals surface area contributed by atoms with E-state index >= 15 is 0 Å². The first-order valence-electron chi connectivity index (χ1n) is 4.84. The van der Waals surface area contributed by atoms with Gasteiger partial charge in [0.15, 0.2) is 0 Å². The minimum atomic E-state index is -1.11. The van der Waals surface area contributed by atoms with Crippen LogP contribution in [0.25, 0.3) is 0 Å². The maximum Gasteiger partial charge on any atom is 0.315 e. The van der Waals surface area contributed by atoms with Crippen molar-refractivity contribution < 1.29 is 14.7 Å². The smallest absolute Gasteiger partial charge is 0.315 e. The Bertz CT molecular complexity index is 505. The molecule has 4 nitrogen and oxygen atoms in total. The lowest BCUT2D eigenvalue weighted by molar-refractivity contribution is -0.153. The summed E-state index contributed by atoms with van der Waals surface area (Å²) in [7, 11) is 0. The molecule has 0 unspecified atom stereocenters. The van der Waals surface area contributed by atoms with Crippen LogP contribution in [-0.4, -0.2) is 16.9 Å². The average molecular weight is 215 g/mol. The zero-order valence-corrected chi connectivity index (χ0v) is 8.43. The molecule has 0 saturated heterocycles. The van der Waals surface area contributed by atoms with Crippen molar-refractivity contribution in [2.45, 2.75) is 18.3 Å². The maximum atomic E-state index is 11.2. The van der Waals surface area contributed by atoms with Gasteiger partial charge in [-0.15, -0.1) is 0 Å². The fourth-order valence-corrected chi connectivity index (χ4v) is 1.99. The molecule has 1 fully saturated rings. The molecule has 1 N–H and O–H groups in total. The minimum absolute atomic E-state index is 0.0250. The van der Waals surface area contributed by atoms with E-state index in [0.29, 0.717) is 11.1 Å². The molecule has 1 aromatic rings. The Hall–Kier alpha value is -2.15. The number of hydrogen-bond donors (Lipinski definition) is 1. The SMILES string of the molecule is N#Cc1cccc(C2(C(=O)O)CC(=O)C2)c1. The lowest BCUT2D eigenvalue weighted by Gasteiger charge is -2.36. The highest BCUT2D eigenvalue weighted by atomic mass is 16.4. The molecule has 1 saturated carbocycles. The fourth-order valence-electron chi connectivity index (χ4n) is 1.99. The van der Waals surface area contributed by atoms with Gasteiger partial charge in [-0.1, -0.05) is 12.1 Å². The van der Waals surface area contributed by atoms with Crippen molar-refractivity contribution in [1.82, 2.24) is 0 Å². The lowest BCUT2D eigenvalue weighted by atomic mass is 9.63. The number of ketones is 1. The van der Waals surface area contributed by atoms with Crippen LogP contribution in [0.15, 0.2) is 24.3 Å². The molecule has 0 bridgehead atoms. The van der Waals surface area contributed by atoms with Crippen molar-refractivity contribution in [3.8, 4) is 6.07 Å². The number of carboxylic acid groups (broad SMARTS) is 1. The number of nitrogens with zero attached hydrogens (tertiary/aromatic N) is 1. The van der Waals surface area contributed by atoms with Gasteiger partial charge >= 0.3 is 5.97 Å². The van der Waals surface area contributed by atoms with E-state index in [9.17, 15) is 14.7 Å². The highest BCUT2D eigenvalue weighted by molar-refractivity contribution is 6.01. The summed E-state index contributed by atoms with van der Waals surface area (Å²) in [5.41, 5.74) is -0.152. The topological polar surface area (TPSA) is 78.2 Å². The van der Waals surface area contributed by atoms with Crippen LogP contribution < -0.4 is 0 Å². The lowest BCUT2D eigenvalue weighted by Crippen LogP contribution is -2.48. The van der Waals surface area contributed by atoms with Gasteiger partial charge in [-0.05, 0) is 17.7 Å². The second-order valence-corrected chi connectivity index (χ2v) is 3.97. The highest BCUT2D eigenvalue weighted by Gasteiger charge is 2.51. The normalized spacial score (nSPS) is 17.3. The van der Waals surface area contributed by atoms with Crippen molar-refractivity contribution in [3.05, 3.63) is 35.4 Å². The van der Waals surface area contributed by atoms with Crippen LogP contribution in [0.2, 0.25) is 0 Å². The predicted octanol–water partition coefficient (Wildman–Crippen LogP) is 1.24. The first-order valence-corrected chi connectivity index (χ1v) is 4.84. The second-order valence-electron chi connectivity index (χ2n) is 3.97. The minimum Gasteiger partial charge on any atom is -0.481 e. The largest absolute Gasteiger partial charge is 0.481 e. The van der Waals surface area contributed by atoms with Crippen LogP contribution in [0.3, 0.4) is 0 Å². The summed E-state index contributed by atoms with van der Waals surface area (Å²) in [6.07, 6.45) is 0.0500. The Morgan fingerprint density at radius 2 is 2.12 bits per heavy atom. The van der Waals surface area contributed by atoms with Gasteiger partial charge in [0, 0.05) is 12.8 Å². The molecule has 0 atom stereocenters. The number of rotatable bonds is 2. The summed E-state index contributed by atoms with van der Waals surface area (Å²) >= 11 is 0. The summed E-state index contributed by atoms with van der Waals surface area (Å²) in [4.78, 5) is 22.2. The molecule has 1 aromatic carbocycles. The Balaban J connectivity index is 2.45. The van der Waals surface area contributed by atoms with Gasteiger partial charge in [0.2, 0.25) is 0 Å². The molecule has 0 spiro atoms. The fraction of sp³-hybridized carbons (Fsp3) is 0.250. The Morgan fingerprint density at radius 3 is 2.62 bits per heavy atom. The van der Waals surface area contributed by atoms with E-state index in [1.54, 1.807) is 24.3 Å². The number of hydrogen-bond acceptors (Lipinski definition) is 3. The third-order valence-corrected chi connectivity index (χ3v) is 2.95. The van der Waals surface area contributed by atoms with Crippen molar-refractivity contribution >= 4 is 11.8 Å². The van der Waals surface area contributed by atoms with Crippen LogP contribution in [0.1, 0.15) is 24.0 Å². The standard InChI is InChI=1S/C12H9NO3/c13-7-8-2-1-3-9(4-8)12(11(15)16)5-10(14)6-12/h1-4H,5-6H2,(H,15,16). The molecule has 80 valence electrons. The summed E-state index contributed by atoms with van der Waals surface area (Å²) in [6, 6.07) is 8.41. The molecular weight excluding hydrogens is 206 g/mol. The number of carbonyl (C=O) groups excluding carboxylic acids is 1. The second kappa shape index (κ2) is 3.46. The summed E-state index contributed by atoms with van der Waals surface area (Å²) < 4.78 is 0. The third-order valence-electron chi connectivity index (χ3n) is 2.95. The number of benzene rings is 1. The molecular formula is C12H9NO3. The maximum absolute atomic E-state index is 11.2. The summed E-state index contributed by atoms with van der Waals surface area (Å²) in [5, 5.41) is 17.9. The van der Waals surface area contributed by atoms with E-state index in [0.717, 1.165) is 0 Å². The van der Waals surface area contributed by atoms with Gasteiger partial charge in [0.1, 0.15) is 11.2 Å². The molecule has 16 heavy (non-hydrogen) atoms. The van der Waals surface area contributed by atoms with E-state index in [1.165, 1.54) is 0 Å². The van der Waals surface area contributed by atoms with E-state index in [4.69, 9.17) is 5.26 Å². The highest BCUT2D eigenvalue weighted by Crippen LogP contribution is 2.41. The molecule has 1 aliphatic carbocycles. The summed E-state index contributed by atoms with van der Waals surface area (Å²) in [5.74, 6) is -1.05. The first kappa shape index (κ1) is 10.4. The van der Waals surface area contributed by atoms with E-state index in [2.05, 4.69) is 0 Å². The number of nitriles is 1. The first-order chi connectivity index (χ1) is 7.58. The van der Waals surface area contributed by atoms with Gasteiger partial charge in [-0.2, -0.15) is 5.26 Å². The number of carbonyl (C=O) groups is 2. The quantitative estimate of drug-likeness (QED) is 0.805. The Labute approximate surface area is 92.1 Å². The number of carboxylic acids is 1. The third kappa shape index (κ3) is 1.38. The van der Waals surface area contributed by atoms with Crippen molar-refractivity contribution in [2.75, 3.05) is 0 Å². The molecule has 0 radical (unpaired) electrons. The van der Waals surface area contributed by atoms with Crippen LogP contribution in [0.5, 0.6) is 0 Å². The molecule has 4 heteroatoms. The zero-order valence-electron chi connectivity index (χ0n) is 8.43. The molecule has 0 aromatic heterocycles. The van der Waals surface area contributed by atoms with Crippen molar-refractivity contribution in [2.24, 2.45) is 0 Å². The van der Waals surface area contributed by atoms with Gasteiger partial charge in [-0.25, -0.2) is 0 Å². The molecule has 2 rings (SSSR count). The van der Waals surface area contributed by atoms with E-state index in [-0.39, 0.29) is 18.6 Å². The Morgan fingerprint density at radius 1 is 1.44 bits per heavy atom.